The van der Waals surface area contributed by atoms with Crippen molar-refractivity contribution in [3.05, 3.63) is 23.8 Å². The number of rotatable bonds is 1. The van der Waals surface area contributed by atoms with E-state index in [1.54, 1.807) is 12.1 Å². The number of aromatic nitrogens is 2. The third-order valence-electron chi connectivity index (χ3n) is 0.900. The van der Waals surface area contributed by atoms with Crippen molar-refractivity contribution >= 4 is 6.34 Å². The standard InChI is InChI=1S/C5H6N4.C2H6/c6-4-9-5(7)2-1-3-8-9;1-2/h1-4,6-7H;1-2H3. The zero-order valence-corrected chi connectivity index (χ0v) is 6.70. The van der Waals surface area contributed by atoms with E-state index in [2.05, 4.69) is 5.10 Å². The minimum Gasteiger partial charge on any atom is -0.289 e. The van der Waals surface area contributed by atoms with Crippen LogP contribution in [0.15, 0.2) is 18.3 Å². The van der Waals surface area contributed by atoms with Crippen molar-refractivity contribution in [3.63, 3.8) is 0 Å². The maximum absolute atomic E-state index is 7.12. The second-order valence-electron chi connectivity index (χ2n) is 1.48. The smallest absolute Gasteiger partial charge is 0.147 e. The fourth-order valence-corrected chi connectivity index (χ4v) is 0.486. The van der Waals surface area contributed by atoms with E-state index in [0.29, 0.717) is 0 Å². The molecule has 0 spiro atoms. The van der Waals surface area contributed by atoms with Gasteiger partial charge in [-0.2, -0.15) is 5.10 Å². The third-order valence-corrected chi connectivity index (χ3v) is 0.900. The van der Waals surface area contributed by atoms with E-state index in [1.807, 2.05) is 13.8 Å². The van der Waals surface area contributed by atoms with Crippen molar-refractivity contribution in [2.75, 3.05) is 0 Å². The largest absolute Gasteiger partial charge is 0.289 e. The molecule has 1 rings (SSSR count). The molecule has 0 saturated heterocycles. The molecule has 60 valence electrons. The zero-order valence-electron chi connectivity index (χ0n) is 6.70. The number of nitrogens with zero attached hydrogens (tertiary/aromatic N) is 2. The summed E-state index contributed by atoms with van der Waals surface area (Å²) in [6.07, 6.45) is 2.52. The minimum atomic E-state index is 0.215. The highest BCUT2D eigenvalue weighted by Gasteiger charge is 1.81. The summed E-state index contributed by atoms with van der Waals surface area (Å²) in [7, 11) is 0. The van der Waals surface area contributed by atoms with Crippen LogP contribution in [0.4, 0.5) is 0 Å². The molecule has 1 heterocycles. The predicted molar refractivity (Wildman–Crippen MR) is 43.6 cm³/mol. The Labute approximate surface area is 65.5 Å². The summed E-state index contributed by atoms with van der Waals surface area (Å²) in [6.45, 7) is 4.00. The summed E-state index contributed by atoms with van der Waals surface area (Å²) in [6, 6.07) is 3.22. The van der Waals surface area contributed by atoms with E-state index in [4.69, 9.17) is 10.8 Å². The van der Waals surface area contributed by atoms with Gasteiger partial charge >= 0.3 is 0 Å². The van der Waals surface area contributed by atoms with Gasteiger partial charge in [-0.1, -0.05) is 13.8 Å². The third kappa shape index (κ3) is 2.75. The second kappa shape index (κ2) is 5.34. The van der Waals surface area contributed by atoms with Crippen molar-refractivity contribution < 1.29 is 0 Å². The molecule has 0 bridgehead atoms. The molecule has 1 aromatic rings. The Morgan fingerprint density at radius 3 is 2.55 bits per heavy atom. The Morgan fingerprint density at radius 1 is 1.55 bits per heavy atom. The van der Waals surface area contributed by atoms with E-state index < -0.39 is 0 Å². The first-order valence-corrected chi connectivity index (χ1v) is 3.43. The van der Waals surface area contributed by atoms with Gasteiger partial charge in [0.1, 0.15) is 11.8 Å². The first kappa shape index (κ1) is 9.55. The molecule has 1 aromatic heterocycles. The van der Waals surface area contributed by atoms with Gasteiger partial charge in [-0.3, -0.25) is 10.8 Å². The van der Waals surface area contributed by atoms with Crippen LogP contribution in [0.5, 0.6) is 0 Å². The van der Waals surface area contributed by atoms with E-state index in [-0.39, 0.29) is 5.49 Å². The maximum Gasteiger partial charge on any atom is 0.147 e. The van der Waals surface area contributed by atoms with Crippen LogP contribution in [-0.2, 0) is 0 Å². The monoisotopic (exact) mass is 152 g/mol. The summed E-state index contributed by atoms with van der Waals surface area (Å²) < 4.78 is 1.17. The normalized spacial score (nSPS) is 7.82. The van der Waals surface area contributed by atoms with Crippen molar-refractivity contribution in [2.24, 2.45) is 0 Å². The summed E-state index contributed by atoms with van der Waals surface area (Å²) in [5, 5.41) is 17.5. The Bertz CT molecular complexity index is 263. The van der Waals surface area contributed by atoms with Crippen LogP contribution < -0.4 is 5.49 Å². The lowest BCUT2D eigenvalue weighted by molar-refractivity contribution is 0.827. The van der Waals surface area contributed by atoms with Crippen molar-refractivity contribution in [1.29, 1.82) is 10.8 Å². The van der Waals surface area contributed by atoms with Crippen molar-refractivity contribution in [1.82, 2.24) is 9.78 Å². The Hall–Kier alpha value is -1.45. The van der Waals surface area contributed by atoms with Crippen LogP contribution in [0.2, 0.25) is 0 Å². The van der Waals surface area contributed by atoms with Crippen LogP contribution >= 0.6 is 0 Å². The maximum atomic E-state index is 7.12. The summed E-state index contributed by atoms with van der Waals surface area (Å²) >= 11 is 0. The first-order valence-electron chi connectivity index (χ1n) is 3.43. The molecule has 0 unspecified atom stereocenters. The average Bonchev–Trinajstić information content (AvgIpc) is 2.09. The van der Waals surface area contributed by atoms with Gasteiger partial charge in [0.05, 0.1) is 0 Å². The molecule has 0 atom stereocenters. The molecule has 0 aliphatic heterocycles. The van der Waals surface area contributed by atoms with Crippen LogP contribution in [0.1, 0.15) is 13.8 Å². The van der Waals surface area contributed by atoms with E-state index in [9.17, 15) is 0 Å². The topological polar surface area (TPSA) is 65.5 Å². The van der Waals surface area contributed by atoms with E-state index >= 15 is 0 Å². The fourth-order valence-electron chi connectivity index (χ4n) is 0.486. The van der Waals surface area contributed by atoms with Gasteiger partial charge in [0.15, 0.2) is 0 Å². The molecule has 11 heavy (non-hydrogen) atoms. The predicted octanol–water partition coefficient (Wildman–Crippen LogP) is 0.844. The van der Waals surface area contributed by atoms with Crippen LogP contribution in [0.25, 0.3) is 0 Å². The highest BCUT2D eigenvalue weighted by atomic mass is 15.3. The van der Waals surface area contributed by atoms with Crippen molar-refractivity contribution in [3.8, 4) is 0 Å². The summed E-state index contributed by atoms with van der Waals surface area (Å²) in [5.41, 5.74) is 0.215. The van der Waals surface area contributed by atoms with Gasteiger partial charge in [0.2, 0.25) is 0 Å². The molecule has 4 heteroatoms. The first-order chi connectivity index (χ1) is 5.34. The van der Waals surface area contributed by atoms with Crippen molar-refractivity contribution in [2.45, 2.75) is 13.8 Å². The van der Waals surface area contributed by atoms with Gasteiger partial charge < -0.3 is 0 Å². The van der Waals surface area contributed by atoms with Gasteiger partial charge in [-0.05, 0) is 12.1 Å². The Balaban J connectivity index is 0.000000461. The number of hydrogen-bond acceptors (Lipinski definition) is 3. The second-order valence-corrected chi connectivity index (χ2v) is 1.48. The van der Waals surface area contributed by atoms with E-state index in [0.717, 1.165) is 6.34 Å². The van der Waals surface area contributed by atoms with Crippen LogP contribution in [0, 0.1) is 10.8 Å². The van der Waals surface area contributed by atoms with Crippen LogP contribution in [-0.4, -0.2) is 16.1 Å². The molecular weight excluding hydrogens is 140 g/mol. The van der Waals surface area contributed by atoms with Crippen LogP contribution in [0.3, 0.4) is 0 Å². The lowest BCUT2D eigenvalue weighted by Crippen LogP contribution is -2.19. The Morgan fingerprint density at radius 2 is 2.18 bits per heavy atom. The Kier molecular flexibility index (Phi) is 4.64. The SMILES string of the molecule is CC.N=Cn1ncccc1=N. The van der Waals surface area contributed by atoms with Gasteiger partial charge in [-0.15, -0.1) is 0 Å². The van der Waals surface area contributed by atoms with Gasteiger partial charge in [-0.25, -0.2) is 4.68 Å². The number of nitrogens with one attached hydrogen (secondary N) is 2. The quantitative estimate of drug-likeness (QED) is 0.454. The summed E-state index contributed by atoms with van der Waals surface area (Å²) in [5.74, 6) is 0. The molecular formula is C7H12N4. The van der Waals surface area contributed by atoms with Gasteiger partial charge in [0, 0.05) is 6.20 Å². The molecule has 0 fully saturated rings. The highest BCUT2D eigenvalue weighted by molar-refractivity contribution is 5.51. The minimum absolute atomic E-state index is 0.215. The molecule has 0 radical (unpaired) electrons. The molecule has 4 nitrogen and oxygen atoms in total. The molecule has 2 N–H and O–H groups in total. The molecule has 0 aliphatic carbocycles. The molecule has 0 saturated carbocycles. The average molecular weight is 152 g/mol. The highest BCUT2D eigenvalue weighted by Crippen LogP contribution is 1.66. The molecule has 0 aliphatic rings. The lowest BCUT2D eigenvalue weighted by atomic mass is 10.6. The molecule has 0 amide bonds. The number of hydrogen-bond donors (Lipinski definition) is 2. The zero-order chi connectivity index (χ0) is 8.69. The molecule has 0 aromatic carbocycles. The lowest BCUT2D eigenvalue weighted by Gasteiger charge is -1.91. The fraction of sp³-hybridized carbons (Fsp3) is 0.286. The van der Waals surface area contributed by atoms with E-state index in [1.165, 1.54) is 10.9 Å². The van der Waals surface area contributed by atoms with Gasteiger partial charge in [0.25, 0.3) is 0 Å². The summed E-state index contributed by atoms with van der Waals surface area (Å²) in [4.78, 5) is 0.